The number of halogens is 3. The third kappa shape index (κ3) is 7.73. The molecule has 8 nitrogen and oxygen atoms in total. The Hall–Kier alpha value is -11.5. The number of rotatable bonds is 7. The first-order chi connectivity index (χ1) is 38.0. The van der Waals surface area contributed by atoms with E-state index < -0.39 is 11.7 Å². The second kappa shape index (κ2) is 18.8. The molecule has 0 unspecified atom stereocenters. The van der Waals surface area contributed by atoms with Crippen molar-refractivity contribution in [1.29, 1.82) is 10.5 Å². The van der Waals surface area contributed by atoms with Crippen LogP contribution >= 0.6 is 0 Å². The van der Waals surface area contributed by atoms with Gasteiger partial charge in [-0.05, 0) is 123 Å². The number of nitriles is 2. The number of para-hydroxylation sites is 3. The van der Waals surface area contributed by atoms with Crippen LogP contribution in [0.15, 0.2) is 200 Å². The summed E-state index contributed by atoms with van der Waals surface area (Å²) in [6, 6.07) is 63.7. The molecule has 0 aliphatic carbocycles. The molecule has 2 heterocycles. The predicted octanol–water partition coefficient (Wildman–Crippen LogP) is 19.2. The summed E-state index contributed by atoms with van der Waals surface area (Å²) in [5, 5.41) is 24.3. The molecule has 12 rings (SSSR count). The van der Waals surface area contributed by atoms with Crippen LogP contribution in [0.4, 0.5) is 35.9 Å². The fraction of sp³-hybridized carbons (Fsp3) is 0.0149. The second-order valence-electron chi connectivity index (χ2n) is 18.5. The van der Waals surface area contributed by atoms with E-state index >= 15 is 0 Å². The first kappa shape index (κ1) is 47.5. The highest BCUT2D eigenvalue weighted by molar-refractivity contribution is 6.15. The first-order valence-electron chi connectivity index (χ1n) is 24.3. The highest BCUT2D eigenvalue weighted by Gasteiger charge is 2.32. The lowest BCUT2D eigenvalue weighted by Gasteiger charge is -2.22. The lowest BCUT2D eigenvalue weighted by atomic mass is 9.95. The molecule has 2 aromatic heterocycles. The van der Waals surface area contributed by atoms with E-state index in [1.807, 2.05) is 130 Å². The molecule has 0 aliphatic heterocycles. The van der Waals surface area contributed by atoms with Crippen molar-refractivity contribution in [2.75, 3.05) is 0 Å². The van der Waals surface area contributed by atoms with Crippen LogP contribution in [-0.2, 0) is 6.18 Å². The number of hydrogen-bond donors (Lipinski definition) is 0. The Morgan fingerprint density at radius 1 is 0.372 bits per heavy atom. The van der Waals surface area contributed by atoms with Gasteiger partial charge in [0.1, 0.15) is 0 Å². The Bertz CT molecular complexity index is 4330. The zero-order chi connectivity index (χ0) is 53.8. The average Bonchev–Trinajstić information content (AvgIpc) is 4.16. The first-order valence-corrected chi connectivity index (χ1v) is 24.3. The van der Waals surface area contributed by atoms with Crippen molar-refractivity contribution in [3.05, 3.63) is 263 Å². The largest absolute Gasteiger partial charge is 0.415 e. The maximum Gasteiger partial charge on any atom is 0.415 e. The minimum Gasteiger partial charge on any atom is -0.309 e. The van der Waals surface area contributed by atoms with Crippen LogP contribution in [0.5, 0.6) is 0 Å². The van der Waals surface area contributed by atoms with Gasteiger partial charge >= 0.3 is 6.18 Å². The molecule has 0 N–H and O–H groups in total. The van der Waals surface area contributed by atoms with Crippen molar-refractivity contribution in [3.8, 4) is 79.1 Å². The van der Waals surface area contributed by atoms with Crippen molar-refractivity contribution >= 4 is 66.4 Å². The van der Waals surface area contributed by atoms with Gasteiger partial charge in [-0.25, -0.2) is 19.4 Å². The van der Waals surface area contributed by atoms with E-state index in [2.05, 4.69) is 31.5 Å². The van der Waals surface area contributed by atoms with Crippen LogP contribution < -0.4 is 0 Å². The van der Waals surface area contributed by atoms with E-state index in [1.165, 1.54) is 6.07 Å². The summed E-state index contributed by atoms with van der Waals surface area (Å²) < 4.78 is 47.8. The van der Waals surface area contributed by atoms with Gasteiger partial charge in [-0.2, -0.15) is 23.7 Å². The maximum absolute atomic E-state index is 14.6. The molecule has 0 aliphatic rings. The van der Waals surface area contributed by atoms with Gasteiger partial charge in [0, 0.05) is 32.7 Å². The fourth-order valence-electron chi connectivity index (χ4n) is 10.8. The third-order valence-corrected chi connectivity index (χ3v) is 14.3. The molecule has 0 saturated carbocycles. The van der Waals surface area contributed by atoms with E-state index in [-0.39, 0.29) is 16.8 Å². The minimum atomic E-state index is -4.77. The van der Waals surface area contributed by atoms with E-state index in [4.69, 9.17) is 26.3 Å². The number of fused-ring (bicyclic) bond motifs is 6. The van der Waals surface area contributed by atoms with E-state index in [0.717, 1.165) is 55.9 Å². The summed E-state index contributed by atoms with van der Waals surface area (Å²) in [5.74, 6) is 0. The Kier molecular flexibility index (Phi) is 11.4. The van der Waals surface area contributed by atoms with Gasteiger partial charge in [-0.15, -0.1) is 0 Å². The Balaban J connectivity index is 1.24. The average molecular weight is 1010 g/mol. The number of aromatic nitrogens is 2. The molecule has 12 aromatic rings. The Morgan fingerprint density at radius 3 is 1.12 bits per heavy atom. The van der Waals surface area contributed by atoms with Gasteiger partial charge in [0.05, 0.1) is 83.0 Å². The fourth-order valence-corrected chi connectivity index (χ4v) is 10.8. The highest BCUT2D eigenvalue weighted by atomic mass is 19.4. The molecule has 11 heteroatoms. The van der Waals surface area contributed by atoms with Gasteiger partial charge in [0.2, 0.25) is 0 Å². The summed E-state index contributed by atoms with van der Waals surface area (Å²) in [6.45, 7) is 32.5. The summed E-state index contributed by atoms with van der Waals surface area (Å²) in [6.07, 6.45) is -4.77. The summed E-state index contributed by atoms with van der Waals surface area (Å²) >= 11 is 0. The van der Waals surface area contributed by atoms with Crippen molar-refractivity contribution in [2.45, 2.75) is 6.18 Å². The normalized spacial score (nSPS) is 11.2. The Labute approximate surface area is 445 Å². The van der Waals surface area contributed by atoms with Crippen molar-refractivity contribution in [2.24, 2.45) is 0 Å². The number of hydrogen-bond acceptors (Lipinski definition) is 2. The molecule has 0 bridgehead atoms. The van der Waals surface area contributed by atoms with Crippen LogP contribution in [0, 0.1) is 49.0 Å². The number of nitrogens with zero attached hydrogens (tertiary/aromatic N) is 8. The van der Waals surface area contributed by atoms with Gasteiger partial charge in [-0.1, -0.05) is 127 Å². The topological polar surface area (TPSA) is 74.9 Å². The molecule has 0 saturated heterocycles. The van der Waals surface area contributed by atoms with Gasteiger partial charge < -0.3 is 9.13 Å². The number of benzene rings is 10. The molecule has 0 fully saturated rings. The zero-order valence-electron chi connectivity index (χ0n) is 40.8. The molecule has 78 heavy (non-hydrogen) atoms. The molecule has 0 spiro atoms. The van der Waals surface area contributed by atoms with Crippen LogP contribution in [0.3, 0.4) is 0 Å². The maximum atomic E-state index is 14.6. The van der Waals surface area contributed by atoms with E-state index in [9.17, 15) is 23.7 Å². The van der Waals surface area contributed by atoms with E-state index in [0.29, 0.717) is 83.9 Å². The van der Waals surface area contributed by atoms with Crippen molar-refractivity contribution < 1.29 is 13.2 Å². The van der Waals surface area contributed by atoms with Crippen LogP contribution in [-0.4, -0.2) is 9.13 Å². The van der Waals surface area contributed by atoms with Crippen molar-refractivity contribution in [1.82, 2.24) is 9.13 Å². The Morgan fingerprint density at radius 2 is 0.744 bits per heavy atom. The summed E-state index contributed by atoms with van der Waals surface area (Å²) in [4.78, 5) is 15.2. The van der Waals surface area contributed by atoms with Crippen molar-refractivity contribution in [3.63, 3.8) is 0 Å². The van der Waals surface area contributed by atoms with Gasteiger partial charge in [0.15, 0.2) is 22.7 Å². The summed E-state index contributed by atoms with van der Waals surface area (Å²) in [5.41, 5.74) is 10.4. The second-order valence-corrected chi connectivity index (χ2v) is 18.5. The lowest BCUT2D eigenvalue weighted by Crippen LogP contribution is -2.07. The SMILES string of the molecule is [C-]#[N+]c1ccccc1-c1ccc2c(c1)c1cc(-c3ccccc3C#N)ccc1n2-c1cc(C#N)cc(-n2c3ccc(-c4ccccc4[N+]#[C-])cc3c3cc(-c4ccccc4[N+]#[C-])ccc32)c1-c1ccc(C(F)(F)F)cc1[N+]#[C-]. The smallest absolute Gasteiger partial charge is 0.309 e. The van der Waals surface area contributed by atoms with Gasteiger partial charge in [-0.3, -0.25) is 0 Å². The number of alkyl halides is 3. The molecular formula is C67H33F3N8. The van der Waals surface area contributed by atoms with Gasteiger partial charge in [0.25, 0.3) is 0 Å². The molecule has 0 radical (unpaired) electrons. The minimum absolute atomic E-state index is 0.171. The lowest BCUT2D eigenvalue weighted by molar-refractivity contribution is -0.137. The molecule has 0 atom stereocenters. The quantitative estimate of drug-likeness (QED) is 0.149. The van der Waals surface area contributed by atoms with E-state index in [1.54, 1.807) is 60.7 Å². The third-order valence-electron chi connectivity index (χ3n) is 14.3. The van der Waals surface area contributed by atoms with Crippen LogP contribution in [0.1, 0.15) is 16.7 Å². The summed E-state index contributed by atoms with van der Waals surface area (Å²) in [7, 11) is 0. The highest BCUT2D eigenvalue weighted by Crippen LogP contribution is 2.49. The standard InChI is InChI=1S/C67H33F3N8/c1-73-56-18-10-7-15-48(56)42-22-28-61-53(34-42)52-33-41(47-14-6-5-13-45(47)39-72)21-27-60(52)77(61)64-31-40(38-71)32-65(66(64)51-26-25-46(67(68,69)70)37-59(51)76-4)78-62-29-23-43(49-16-8-11-19-57(49)74-2)35-54(62)55-36-44(24-30-63(55)78)50-17-9-12-20-58(50)75-3/h5-37H. The molecular weight excluding hydrogens is 974 g/mol. The van der Waals surface area contributed by atoms with Crippen LogP contribution in [0.2, 0.25) is 0 Å². The molecule has 0 amide bonds. The monoisotopic (exact) mass is 1010 g/mol. The predicted molar refractivity (Wildman–Crippen MR) is 302 cm³/mol. The van der Waals surface area contributed by atoms with Crippen LogP contribution in [0.25, 0.3) is 130 Å². The zero-order valence-corrected chi connectivity index (χ0v) is 40.8. The molecule has 10 aromatic carbocycles. The molecule has 362 valence electrons.